The Morgan fingerprint density at radius 3 is 2.29 bits per heavy atom. The molecule has 0 amide bonds. The molecular weight excluding hydrogens is 298 g/mol. The van der Waals surface area contributed by atoms with Gasteiger partial charge < -0.3 is 10.6 Å². The second-order valence-electron chi connectivity index (χ2n) is 5.47. The van der Waals surface area contributed by atoms with E-state index < -0.39 is 0 Å². The van der Waals surface area contributed by atoms with Crippen molar-refractivity contribution in [3.05, 3.63) is 71.4 Å². The van der Waals surface area contributed by atoms with Gasteiger partial charge >= 0.3 is 0 Å². The van der Waals surface area contributed by atoms with Crippen LogP contribution < -0.4 is 10.6 Å². The zero-order chi connectivity index (χ0) is 16.9. The Balaban J connectivity index is 1.80. The van der Waals surface area contributed by atoms with E-state index in [9.17, 15) is 0 Å². The van der Waals surface area contributed by atoms with Crippen molar-refractivity contribution in [2.24, 2.45) is 0 Å². The topological polar surface area (TPSA) is 73.6 Å². The lowest BCUT2D eigenvalue weighted by molar-refractivity contribution is 1.16. The first-order valence-corrected chi connectivity index (χ1v) is 7.59. The zero-order valence-corrected chi connectivity index (χ0v) is 13.5. The minimum absolute atomic E-state index is 0.496. The fraction of sp³-hybridized carbons (Fsp3) is 0.105. The number of aryl methyl sites for hydroxylation is 2. The van der Waals surface area contributed by atoms with E-state index in [1.807, 2.05) is 24.3 Å². The third kappa shape index (κ3) is 3.50. The van der Waals surface area contributed by atoms with Gasteiger partial charge in [0.2, 0.25) is 5.95 Å². The molecule has 0 aliphatic carbocycles. The Bertz CT molecular complexity index is 874. The highest BCUT2D eigenvalue weighted by molar-refractivity contribution is 5.65. The lowest BCUT2D eigenvalue weighted by Crippen LogP contribution is -2.02. The molecule has 24 heavy (non-hydrogen) atoms. The normalized spacial score (nSPS) is 10.0. The van der Waals surface area contributed by atoms with Crippen LogP contribution in [0.25, 0.3) is 0 Å². The molecule has 0 aliphatic heterocycles. The standard InChI is InChI=1S/C19H17N5/c1-13-4-3-5-14(2)18(13)23-17-10-11-21-19(24-17)22-16-8-6-15(12-20)7-9-16/h3-11H,1-2H3,(H2,21,22,23,24). The summed E-state index contributed by atoms with van der Waals surface area (Å²) in [6, 6.07) is 17.2. The van der Waals surface area contributed by atoms with Crippen LogP contribution in [0.5, 0.6) is 0 Å². The Kier molecular flexibility index (Phi) is 4.39. The smallest absolute Gasteiger partial charge is 0.229 e. The van der Waals surface area contributed by atoms with E-state index in [-0.39, 0.29) is 0 Å². The van der Waals surface area contributed by atoms with Crippen LogP contribution in [-0.2, 0) is 0 Å². The summed E-state index contributed by atoms with van der Waals surface area (Å²) >= 11 is 0. The maximum Gasteiger partial charge on any atom is 0.229 e. The number of rotatable bonds is 4. The first kappa shape index (κ1) is 15.5. The molecule has 0 spiro atoms. The van der Waals surface area contributed by atoms with E-state index in [1.54, 1.807) is 18.3 Å². The summed E-state index contributed by atoms with van der Waals surface area (Å²) in [6.45, 7) is 4.12. The average Bonchev–Trinajstić information content (AvgIpc) is 2.59. The van der Waals surface area contributed by atoms with Crippen molar-refractivity contribution in [1.29, 1.82) is 5.26 Å². The number of aromatic nitrogens is 2. The number of hydrogen-bond acceptors (Lipinski definition) is 5. The van der Waals surface area contributed by atoms with E-state index in [0.717, 1.165) is 28.3 Å². The molecule has 3 rings (SSSR count). The molecule has 5 heteroatoms. The van der Waals surface area contributed by atoms with Crippen molar-refractivity contribution in [2.45, 2.75) is 13.8 Å². The number of anilines is 4. The molecule has 1 aromatic heterocycles. The summed E-state index contributed by atoms with van der Waals surface area (Å²) in [7, 11) is 0. The van der Waals surface area contributed by atoms with Gasteiger partial charge in [-0.2, -0.15) is 10.2 Å². The highest BCUT2D eigenvalue weighted by atomic mass is 15.1. The average molecular weight is 315 g/mol. The monoisotopic (exact) mass is 315 g/mol. The van der Waals surface area contributed by atoms with Crippen molar-refractivity contribution < 1.29 is 0 Å². The maximum absolute atomic E-state index is 8.84. The Morgan fingerprint density at radius 1 is 0.917 bits per heavy atom. The molecule has 2 N–H and O–H groups in total. The van der Waals surface area contributed by atoms with Crippen LogP contribution in [0.1, 0.15) is 16.7 Å². The molecule has 0 unspecified atom stereocenters. The minimum atomic E-state index is 0.496. The lowest BCUT2D eigenvalue weighted by atomic mass is 10.1. The summed E-state index contributed by atoms with van der Waals surface area (Å²) in [5.74, 6) is 1.22. The van der Waals surface area contributed by atoms with Gasteiger partial charge in [-0.3, -0.25) is 0 Å². The highest BCUT2D eigenvalue weighted by Crippen LogP contribution is 2.24. The Morgan fingerprint density at radius 2 is 1.62 bits per heavy atom. The third-order valence-corrected chi connectivity index (χ3v) is 3.66. The molecule has 0 fully saturated rings. The molecule has 0 atom stereocenters. The van der Waals surface area contributed by atoms with Crippen LogP contribution in [0, 0.1) is 25.2 Å². The minimum Gasteiger partial charge on any atom is -0.340 e. The van der Waals surface area contributed by atoms with Crippen LogP contribution in [0.2, 0.25) is 0 Å². The number of hydrogen-bond donors (Lipinski definition) is 2. The van der Waals surface area contributed by atoms with Crippen LogP contribution in [0.3, 0.4) is 0 Å². The number of para-hydroxylation sites is 1. The second kappa shape index (κ2) is 6.80. The molecule has 0 saturated heterocycles. The fourth-order valence-corrected chi connectivity index (χ4v) is 2.39. The van der Waals surface area contributed by atoms with Crippen molar-refractivity contribution >= 4 is 23.1 Å². The summed E-state index contributed by atoms with van der Waals surface area (Å²) < 4.78 is 0. The van der Waals surface area contributed by atoms with E-state index in [0.29, 0.717) is 11.5 Å². The van der Waals surface area contributed by atoms with Crippen molar-refractivity contribution in [3.63, 3.8) is 0 Å². The SMILES string of the molecule is Cc1cccc(C)c1Nc1ccnc(Nc2ccc(C#N)cc2)n1. The predicted molar refractivity (Wildman–Crippen MR) is 95.7 cm³/mol. The molecule has 118 valence electrons. The molecular formula is C19H17N5. The highest BCUT2D eigenvalue weighted by Gasteiger charge is 2.05. The van der Waals surface area contributed by atoms with Gasteiger partial charge in [0.15, 0.2) is 0 Å². The zero-order valence-electron chi connectivity index (χ0n) is 13.5. The lowest BCUT2D eigenvalue weighted by Gasteiger charge is -2.12. The molecule has 1 heterocycles. The first-order chi connectivity index (χ1) is 11.7. The molecule has 0 aliphatic rings. The van der Waals surface area contributed by atoms with Crippen molar-refractivity contribution in [1.82, 2.24) is 9.97 Å². The molecule has 2 aromatic carbocycles. The number of benzene rings is 2. The van der Waals surface area contributed by atoms with E-state index in [1.165, 1.54) is 0 Å². The summed E-state index contributed by atoms with van der Waals surface area (Å²) in [5, 5.41) is 15.3. The number of nitriles is 1. The van der Waals surface area contributed by atoms with Gasteiger partial charge in [-0.15, -0.1) is 0 Å². The Labute approximate surface area is 141 Å². The van der Waals surface area contributed by atoms with Crippen LogP contribution in [-0.4, -0.2) is 9.97 Å². The first-order valence-electron chi connectivity index (χ1n) is 7.59. The molecule has 0 radical (unpaired) electrons. The fourth-order valence-electron chi connectivity index (χ4n) is 2.39. The maximum atomic E-state index is 8.84. The van der Waals surface area contributed by atoms with Gasteiger partial charge in [0.25, 0.3) is 0 Å². The molecule has 5 nitrogen and oxygen atoms in total. The van der Waals surface area contributed by atoms with E-state index in [4.69, 9.17) is 5.26 Å². The van der Waals surface area contributed by atoms with E-state index in [2.05, 4.69) is 52.7 Å². The van der Waals surface area contributed by atoms with Gasteiger partial charge in [-0.1, -0.05) is 18.2 Å². The van der Waals surface area contributed by atoms with Gasteiger partial charge in [-0.25, -0.2) is 4.98 Å². The van der Waals surface area contributed by atoms with Crippen molar-refractivity contribution in [2.75, 3.05) is 10.6 Å². The third-order valence-electron chi connectivity index (χ3n) is 3.66. The number of nitrogens with zero attached hydrogens (tertiary/aromatic N) is 3. The van der Waals surface area contributed by atoms with E-state index >= 15 is 0 Å². The predicted octanol–water partition coefficient (Wildman–Crippen LogP) is 4.45. The summed E-state index contributed by atoms with van der Waals surface area (Å²) in [6.07, 6.45) is 1.70. The Hall–Kier alpha value is -3.39. The molecule has 0 bridgehead atoms. The quantitative estimate of drug-likeness (QED) is 0.744. The van der Waals surface area contributed by atoms with Crippen LogP contribution in [0.4, 0.5) is 23.1 Å². The van der Waals surface area contributed by atoms with Gasteiger partial charge in [0.05, 0.1) is 11.6 Å². The van der Waals surface area contributed by atoms with Crippen LogP contribution in [0.15, 0.2) is 54.7 Å². The second-order valence-corrected chi connectivity index (χ2v) is 5.47. The van der Waals surface area contributed by atoms with Crippen molar-refractivity contribution in [3.8, 4) is 6.07 Å². The largest absolute Gasteiger partial charge is 0.340 e. The van der Waals surface area contributed by atoms with Gasteiger partial charge in [0, 0.05) is 17.6 Å². The summed E-state index contributed by atoms with van der Waals surface area (Å²) in [4.78, 5) is 8.73. The molecule has 0 saturated carbocycles. The summed E-state index contributed by atoms with van der Waals surface area (Å²) in [5.41, 5.74) is 4.83. The van der Waals surface area contributed by atoms with Crippen LogP contribution >= 0.6 is 0 Å². The van der Waals surface area contributed by atoms with Gasteiger partial charge in [0.1, 0.15) is 5.82 Å². The molecule has 3 aromatic rings. The van der Waals surface area contributed by atoms with Gasteiger partial charge in [-0.05, 0) is 55.3 Å². The number of nitrogens with one attached hydrogen (secondary N) is 2.